The largest absolute Gasteiger partial charge is 0.395 e. The zero-order chi connectivity index (χ0) is 12.1. The van der Waals surface area contributed by atoms with Crippen molar-refractivity contribution in [3.05, 3.63) is 23.5 Å². The molecule has 5 heteroatoms. The lowest BCUT2D eigenvalue weighted by atomic mass is 10.3. The molecule has 0 saturated carbocycles. The van der Waals surface area contributed by atoms with Crippen molar-refractivity contribution < 1.29 is 15.0 Å². The van der Waals surface area contributed by atoms with Crippen LogP contribution in [0.3, 0.4) is 0 Å². The smallest absolute Gasteiger partial charge is 0.270 e. The first-order valence-electron chi connectivity index (χ1n) is 5.25. The molecule has 16 heavy (non-hydrogen) atoms. The molecular formula is C11H18N2O3. The molecule has 0 aromatic carbocycles. The average Bonchev–Trinajstić information content (AvgIpc) is 2.59. The molecule has 0 bridgehead atoms. The van der Waals surface area contributed by atoms with Gasteiger partial charge in [0.15, 0.2) is 0 Å². The van der Waals surface area contributed by atoms with Gasteiger partial charge in [-0.1, -0.05) is 0 Å². The van der Waals surface area contributed by atoms with E-state index in [0.29, 0.717) is 5.69 Å². The average molecular weight is 226 g/mol. The standard InChI is InChI=1S/C11H18N2O3/c1-9-3-4-10(12(9)2)11(16)13(5-7-14)6-8-15/h3-4,14-15H,5-8H2,1-2H3. The zero-order valence-corrected chi connectivity index (χ0v) is 9.68. The van der Waals surface area contributed by atoms with Gasteiger partial charge in [0.1, 0.15) is 5.69 Å². The summed E-state index contributed by atoms with van der Waals surface area (Å²) >= 11 is 0. The fourth-order valence-electron chi connectivity index (χ4n) is 1.55. The number of hydrogen-bond donors (Lipinski definition) is 2. The van der Waals surface area contributed by atoms with E-state index in [0.717, 1.165) is 5.69 Å². The highest BCUT2D eigenvalue weighted by Gasteiger charge is 2.17. The monoisotopic (exact) mass is 226 g/mol. The van der Waals surface area contributed by atoms with Crippen molar-refractivity contribution in [2.75, 3.05) is 26.3 Å². The van der Waals surface area contributed by atoms with Crippen LogP contribution >= 0.6 is 0 Å². The first-order valence-corrected chi connectivity index (χ1v) is 5.25. The molecule has 1 heterocycles. The molecule has 0 unspecified atom stereocenters. The molecule has 0 spiro atoms. The molecule has 0 aliphatic carbocycles. The van der Waals surface area contributed by atoms with Crippen molar-refractivity contribution in [3.63, 3.8) is 0 Å². The summed E-state index contributed by atoms with van der Waals surface area (Å²) in [6.45, 7) is 2.19. The first-order chi connectivity index (χ1) is 7.61. The molecule has 0 aliphatic heterocycles. The van der Waals surface area contributed by atoms with Gasteiger partial charge >= 0.3 is 0 Å². The molecule has 1 amide bonds. The van der Waals surface area contributed by atoms with E-state index in [4.69, 9.17) is 10.2 Å². The highest BCUT2D eigenvalue weighted by molar-refractivity contribution is 5.93. The van der Waals surface area contributed by atoms with Gasteiger partial charge in [0.2, 0.25) is 0 Å². The Labute approximate surface area is 94.9 Å². The number of aryl methyl sites for hydroxylation is 1. The second-order valence-electron chi connectivity index (χ2n) is 3.66. The van der Waals surface area contributed by atoms with Crippen molar-refractivity contribution in [1.82, 2.24) is 9.47 Å². The zero-order valence-electron chi connectivity index (χ0n) is 9.68. The quantitative estimate of drug-likeness (QED) is 0.728. The minimum Gasteiger partial charge on any atom is -0.395 e. The van der Waals surface area contributed by atoms with Crippen LogP contribution in [-0.2, 0) is 7.05 Å². The fourth-order valence-corrected chi connectivity index (χ4v) is 1.55. The molecule has 0 radical (unpaired) electrons. The van der Waals surface area contributed by atoms with Crippen LogP contribution in [-0.4, -0.2) is 51.9 Å². The predicted molar refractivity (Wildman–Crippen MR) is 60.2 cm³/mol. The maximum absolute atomic E-state index is 12.0. The number of amides is 1. The number of aromatic nitrogens is 1. The third kappa shape index (κ3) is 2.62. The molecule has 0 aliphatic rings. The molecule has 5 nitrogen and oxygen atoms in total. The van der Waals surface area contributed by atoms with E-state index >= 15 is 0 Å². The lowest BCUT2D eigenvalue weighted by molar-refractivity contribution is 0.0675. The number of carbonyl (C=O) groups excluding carboxylic acids is 1. The topological polar surface area (TPSA) is 65.7 Å². The first kappa shape index (κ1) is 12.7. The van der Waals surface area contributed by atoms with Gasteiger partial charge in [-0.05, 0) is 19.1 Å². The third-order valence-corrected chi connectivity index (χ3v) is 2.62. The van der Waals surface area contributed by atoms with Crippen LogP contribution in [0.4, 0.5) is 0 Å². The third-order valence-electron chi connectivity index (χ3n) is 2.62. The number of carbonyl (C=O) groups is 1. The van der Waals surface area contributed by atoms with Gasteiger partial charge in [0.05, 0.1) is 13.2 Å². The summed E-state index contributed by atoms with van der Waals surface area (Å²) in [5.41, 5.74) is 1.57. The number of rotatable bonds is 5. The van der Waals surface area contributed by atoms with Crippen LogP contribution in [0.15, 0.2) is 12.1 Å². The fraction of sp³-hybridized carbons (Fsp3) is 0.545. The van der Waals surface area contributed by atoms with E-state index in [-0.39, 0.29) is 32.2 Å². The Morgan fingerprint density at radius 1 is 1.31 bits per heavy atom. The SMILES string of the molecule is Cc1ccc(C(=O)N(CCO)CCO)n1C. The second-order valence-corrected chi connectivity index (χ2v) is 3.66. The van der Waals surface area contributed by atoms with Crippen LogP contribution in [0, 0.1) is 6.92 Å². The predicted octanol–water partition coefficient (Wildman–Crippen LogP) is -0.240. The molecule has 90 valence electrons. The summed E-state index contributed by atoms with van der Waals surface area (Å²) in [5, 5.41) is 17.7. The summed E-state index contributed by atoms with van der Waals surface area (Å²) in [5.74, 6) is -0.168. The Morgan fingerprint density at radius 2 is 1.88 bits per heavy atom. The Morgan fingerprint density at radius 3 is 2.25 bits per heavy atom. The molecular weight excluding hydrogens is 208 g/mol. The number of nitrogens with zero attached hydrogens (tertiary/aromatic N) is 2. The number of hydrogen-bond acceptors (Lipinski definition) is 3. The molecule has 1 aromatic heterocycles. The van der Waals surface area contributed by atoms with Gasteiger partial charge in [0.25, 0.3) is 5.91 Å². The van der Waals surface area contributed by atoms with Gasteiger partial charge < -0.3 is 19.7 Å². The minimum atomic E-state index is -0.168. The minimum absolute atomic E-state index is 0.102. The Balaban J connectivity index is 2.85. The Hall–Kier alpha value is -1.33. The maximum Gasteiger partial charge on any atom is 0.270 e. The van der Waals surface area contributed by atoms with Gasteiger partial charge in [-0.25, -0.2) is 0 Å². The highest BCUT2D eigenvalue weighted by atomic mass is 16.3. The van der Waals surface area contributed by atoms with Gasteiger partial charge in [-0.3, -0.25) is 4.79 Å². The summed E-state index contributed by atoms with van der Waals surface area (Å²) in [6, 6.07) is 3.61. The van der Waals surface area contributed by atoms with Crippen molar-refractivity contribution in [2.45, 2.75) is 6.92 Å². The molecule has 1 rings (SSSR count). The van der Waals surface area contributed by atoms with E-state index in [2.05, 4.69) is 0 Å². The summed E-state index contributed by atoms with van der Waals surface area (Å²) in [6.07, 6.45) is 0. The lowest BCUT2D eigenvalue weighted by Gasteiger charge is -2.21. The van der Waals surface area contributed by atoms with Crippen LogP contribution in [0.25, 0.3) is 0 Å². The van der Waals surface area contributed by atoms with Crippen molar-refractivity contribution >= 4 is 5.91 Å². The van der Waals surface area contributed by atoms with Crippen molar-refractivity contribution in [1.29, 1.82) is 0 Å². The van der Waals surface area contributed by atoms with Crippen LogP contribution in [0.1, 0.15) is 16.2 Å². The molecule has 2 N–H and O–H groups in total. The second kappa shape index (κ2) is 5.67. The number of aliphatic hydroxyl groups excluding tert-OH is 2. The van der Waals surface area contributed by atoms with Gasteiger partial charge in [-0.2, -0.15) is 0 Å². The maximum atomic E-state index is 12.0. The lowest BCUT2D eigenvalue weighted by Crippen LogP contribution is -2.36. The molecule has 0 fully saturated rings. The van der Waals surface area contributed by atoms with Crippen LogP contribution in [0.2, 0.25) is 0 Å². The van der Waals surface area contributed by atoms with Crippen molar-refractivity contribution in [2.24, 2.45) is 7.05 Å². The van der Waals surface area contributed by atoms with Crippen molar-refractivity contribution in [3.8, 4) is 0 Å². The Kier molecular flexibility index (Phi) is 4.52. The van der Waals surface area contributed by atoms with Gasteiger partial charge in [0, 0.05) is 25.8 Å². The summed E-state index contributed by atoms with van der Waals surface area (Å²) in [4.78, 5) is 13.5. The van der Waals surface area contributed by atoms with E-state index in [1.54, 1.807) is 10.6 Å². The summed E-state index contributed by atoms with van der Waals surface area (Å²) < 4.78 is 1.80. The Bertz CT molecular complexity index is 354. The highest BCUT2D eigenvalue weighted by Crippen LogP contribution is 2.09. The molecule has 0 saturated heterocycles. The van der Waals surface area contributed by atoms with Crippen LogP contribution < -0.4 is 0 Å². The van der Waals surface area contributed by atoms with Gasteiger partial charge in [-0.15, -0.1) is 0 Å². The normalized spacial score (nSPS) is 10.5. The molecule has 1 aromatic rings. The molecule has 0 atom stereocenters. The summed E-state index contributed by atoms with van der Waals surface area (Å²) in [7, 11) is 1.82. The van der Waals surface area contributed by atoms with E-state index in [1.165, 1.54) is 4.90 Å². The van der Waals surface area contributed by atoms with Crippen LogP contribution in [0.5, 0.6) is 0 Å². The van der Waals surface area contributed by atoms with E-state index in [9.17, 15) is 4.79 Å². The van der Waals surface area contributed by atoms with E-state index < -0.39 is 0 Å². The number of aliphatic hydroxyl groups is 2. The van der Waals surface area contributed by atoms with E-state index in [1.807, 2.05) is 20.0 Å².